The van der Waals surface area contributed by atoms with Gasteiger partial charge in [-0.25, -0.2) is 0 Å². The molecule has 0 bridgehead atoms. The Morgan fingerprint density at radius 3 is 2.89 bits per heavy atom. The van der Waals surface area contributed by atoms with Crippen LogP contribution in [0.25, 0.3) is 10.9 Å². The number of benzene rings is 1. The molecule has 0 spiro atoms. The van der Waals surface area contributed by atoms with E-state index in [9.17, 15) is 0 Å². The quantitative estimate of drug-likeness (QED) is 0.851. The molecule has 1 aliphatic rings. The molecular formula is C15H21N3. The Bertz CT molecular complexity index is 535. The molecule has 2 N–H and O–H groups in total. The van der Waals surface area contributed by atoms with Gasteiger partial charge in [-0.1, -0.05) is 32.0 Å². The van der Waals surface area contributed by atoms with Crippen molar-refractivity contribution in [3.05, 3.63) is 30.0 Å². The van der Waals surface area contributed by atoms with Crippen LogP contribution in [-0.4, -0.2) is 23.3 Å². The van der Waals surface area contributed by atoms with Gasteiger partial charge in [-0.2, -0.15) is 5.10 Å². The van der Waals surface area contributed by atoms with Crippen LogP contribution in [0, 0.1) is 5.92 Å². The van der Waals surface area contributed by atoms with E-state index in [-0.39, 0.29) is 5.41 Å². The molecule has 2 aromatic rings. The molecule has 0 aliphatic carbocycles. The summed E-state index contributed by atoms with van der Waals surface area (Å²) in [5.74, 6) is 0.676. The second kappa shape index (κ2) is 4.39. The number of aromatic nitrogens is 2. The molecule has 3 heteroatoms. The van der Waals surface area contributed by atoms with E-state index < -0.39 is 0 Å². The van der Waals surface area contributed by atoms with Gasteiger partial charge in [0.05, 0.1) is 5.52 Å². The monoisotopic (exact) mass is 243 g/mol. The van der Waals surface area contributed by atoms with E-state index >= 15 is 0 Å². The van der Waals surface area contributed by atoms with E-state index in [4.69, 9.17) is 0 Å². The SMILES string of the molecule is CC(C)(c1[nH]nc2ccccc12)C1CCCNC1. The predicted octanol–water partition coefficient (Wildman–Crippen LogP) is 2.84. The molecule has 1 saturated heterocycles. The number of nitrogens with one attached hydrogen (secondary N) is 2. The van der Waals surface area contributed by atoms with Crippen LogP contribution in [0.15, 0.2) is 24.3 Å². The molecule has 1 unspecified atom stereocenters. The molecule has 1 atom stereocenters. The summed E-state index contributed by atoms with van der Waals surface area (Å²) in [6.45, 7) is 6.95. The average Bonchev–Trinajstić information content (AvgIpc) is 2.84. The molecule has 0 amide bonds. The second-order valence-electron chi connectivity index (χ2n) is 5.88. The Labute approximate surface area is 108 Å². The van der Waals surface area contributed by atoms with Crippen LogP contribution in [0.4, 0.5) is 0 Å². The molecule has 1 aromatic carbocycles. The van der Waals surface area contributed by atoms with E-state index in [1.807, 2.05) is 6.07 Å². The van der Waals surface area contributed by atoms with Crippen LogP contribution in [0.1, 0.15) is 32.4 Å². The molecule has 1 aromatic heterocycles. The molecule has 0 radical (unpaired) electrons. The standard InChI is InChI=1S/C15H21N3/c1-15(2,11-6-5-9-16-10-11)14-12-7-3-4-8-13(12)17-18-14/h3-4,7-8,11,16H,5-6,9-10H2,1-2H3,(H,17,18). The van der Waals surface area contributed by atoms with Gasteiger partial charge in [0.2, 0.25) is 0 Å². The van der Waals surface area contributed by atoms with E-state index in [1.165, 1.54) is 23.9 Å². The fraction of sp³-hybridized carbons (Fsp3) is 0.533. The number of H-pyrrole nitrogens is 1. The number of hydrogen-bond acceptors (Lipinski definition) is 2. The number of para-hydroxylation sites is 1. The fourth-order valence-electron chi connectivity index (χ4n) is 3.12. The van der Waals surface area contributed by atoms with Crippen LogP contribution in [0.2, 0.25) is 0 Å². The highest BCUT2D eigenvalue weighted by Crippen LogP contribution is 2.37. The van der Waals surface area contributed by atoms with Gasteiger partial charge in [0.25, 0.3) is 0 Å². The number of aromatic amines is 1. The highest BCUT2D eigenvalue weighted by molar-refractivity contribution is 5.82. The van der Waals surface area contributed by atoms with Crippen molar-refractivity contribution in [3.8, 4) is 0 Å². The van der Waals surface area contributed by atoms with Crippen molar-refractivity contribution in [1.82, 2.24) is 15.5 Å². The van der Waals surface area contributed by atoms with Gasteiger partial charge in [-0.15, -0.1) is 0 Å². The van der Waals surface area contributed by atoms with Crippen molar-refractivity contribution in [2.24, 2.45) is 5.92 Å². The minimum atomic E-state index is 0.142. The van der Waals surface area contributed by atoms with Gasteiger partial charge in [-0.05, 0) is 37.9 Å². The first kappa shape index (κ1) is 11.7. The molecule has 0 saturated carbocycles. The molecular weight excluding hydrogens is 222 g/mol. The maximum absolute atomic E-state index is 4.43. The topological polar surface area (TPSA) is 40.7 Å². The van der Waals surface area contributed by atoms with Gasteiger partial charge in [-0.3, -0.25) is 5.10 Å². The zero-order chi connectivity index (χ0) is 12.6. The van der Waals surface area contributed by atoms with Crippen molar-refractivity contribution >= 4 is 10.9 Å². The van der Waals surface area contributed by atoms with Gasteiger partial charge in [0.15, 0.2) is 0 Å². The summed E-state index contributed by atoms with van der Waals surface area (Å²) in [5, 5.41) is 12.5. The van der Waals surface area contributed by atoms with Crippen LogP contribution >= 0.6 is 0 Å². The van der Waals surface area contributed by atoms with Crippen molar-refractivity contribution in [3.63, 3.8) is 0 Å². The average molecular weight is 243 g/mol. The maximum atomic E-state index is 4.43. The Morgan fingerprint density at radius 1 is 1.28 bits per heavy atom. The van der Waals surface area contributed by atoms with E-state index in [0.717, 1.165) is 18.6 Å². The second-order valence-corrected chi connectivity index (χ2v) is 5.88. The van der Waals surface area contributed by atoms with Gasteiger partial charge in [0.1, 0.15) is 0 Å². The zero-order valence-corrected chi connectivity index (χ0v) is 11.2. The number of rotatable bonds is 2. The third-order valence-corrected chi connectivity index (χ3v) is 4.42. The minimum absolute atomic E-state index is 0.142. The smallest absolute Gasteiger partial charge is 0.0923 e. The van der Waals surface area contributed by atoms with Gasteiger partial charge < -0.3 is 5.32 Å². The lowest BCUT2D eigenvalue weighted by Crippen LogP contribution is -2.41. The Balaban J connectivity index is 2.01. The summed E-state index contributed by atoms with van der Waals surface area (Å²) in [5.41, 5.74) is 2.50. The summed E-state index contributed by atoms with van der Waals surface area (Å²) in [6.07, 6.45) is 2.58. The maximum Gasteiger partial charge on any atom is 0.0923 e. The lowest BCUT2D eigenvalue weighted by molar-refractivity contribution is 0.248. The molecule has 1 fully saturated rings. The Kier molecular flexibility index (Phi) is 2.86. The van der Waals surface area contributed by atoms with Crippen LogP contribution < -0.4 is 5.32 Å². The van der Waals surface area contributed by atoms with Crippen molar-refractivity contribution in [2.75, 3.05) is 13.1 Å². The summed E-state index contributed by atoms with van der Waals surface area (Å²) in [6, 6.07) is 8.38. The van der Waals surface area contributed by atoms with Crippen LogP contribution in [0.3, 0.4) is 0 Å². The zero-order valence-electron chi connectivity index (χ0n) is 11.2. The Morgan fingerprint density at radius 2 is 2.11 bits per heavy atom. The molecule has 3 nitrogen and oxygen atoms in total. The van der Waals surface area contributed by atoms with Crippen molar-refractivity contribution < 1.29 is 0 Å². The van der Waals surface area contributed by atoms with Gasteiger partial charge >= 0.3 is 0 Å². The first-order valence-electron chi connectivity index (χ1n) is 6.84. The third kappa shape index (κ3) is 1.83. The third-order valence-electron chi connectivity index (χ3n) is 4.42. The molecule has 1 aliphatic heterocycles. The Hall–Kier alpha value is -1.35. The lowest BCUT2D eigenvalue weighted by atomic mass is 9.72. The summed E-state index contributed by atoms with van der Waals surface area (Å²) >= 11 is 0. The van der Waals surface area contributed by atoms with E-state index in [2.05, 4.69) is 47.6 Å². The fourth-order valence-corrected chi connectivity index (χ4v) is 3.12. The van der Waals surface area contributed by atoms with Crippen molar-refractivity contribution in [1.29, 1.82) is 0 Å². The van der Waals surface area contributed by atoms with E-state index in [0.29, 0.717) is 5.92 Å². The highest BCUT2D eigenvalue weighted by Gasteiger charge is 2.34. The van der Waals surface area contributed by atoms with Crippen LogP contribution in [-0.2, 0) is 5.41 Å². The molecule has 3 rings (SSSR count). The summed E-state index contributed by atoms with van der Waals surface area (Å²) < 4.78 is 0. The predicted molar refractivity (Wildman–Crippen MR) is 74.7 cm³/mol. The number of hydrogen-bond donors (Lipinski definition) is 2. The largest absolute Gasteiger partial charge is 0.316 e. The number of fused-ring (bicyclic) bond motifs is 1. The summed E-state index contributed by atoms with van der Waals surface area (Å²) in [4.78, 5) is 0. The molecule has 2 heterocycles. The first-order valence-corrected chi connectivity index (χ1v) is 6.84. The lowest BCUT2D eigenvalue weighted by Gasteiger charge is -2.36. The van der Waals surface area contributed by atoms with Gasteiger partial charge in [0, 0.05) is 16.5 Å². The molecule has 18 heavy (non-hydrogen) atoms. The van der Waals surface area contributed by atoms with Crippen LogP contribution in [0.5, 0.6) is 0 Å². The first-order chi connectivity index (χ1) is 8.69. The minimum Gasteiger partial charge on any atom is -0.316 e. The van der Waals surface area contributed by atoms with Crippen molar-refractivity contribution in [2.45, 2.75) is 32.1 Å². The number of nitrogens with zero attached hydrogens (tertiary/aromatic N) is 1. The normalized spacial score (nSPS) is 21.3. The summed E-state index contributed by atoms with van der Waals surface area (Å²) in [7, 11) is 0. The number of piperidine rings is 1. The molecule has 96 valence electrons. The highest BCUT2D eigenvalue weighted by atomic mass is 15.1. The van der Waals surface area contributed by atoms with E-state index in [1.54, 1.807) is 0 Å².